The number of para-hydroxylation sites is 1. The quantitative estimate of drug-likeness (QED) is 0.354. The molecule has 0 aliphatic heterocycles. The summed E-state index contributed by atoms with van der Waals surface area (Å²) in [5.41, 5.74) is 7.25. The van der Waals surface area contributed by atoms with Crippen molar-refractivity contribution in [3.05, 3.63) is 76.1 Å². The monoisotopic (exact) mass is 446 g/mol. The maximum atomic E-state index is 13.7. The van der Waals surface area contributed by atoms with Crippen LogP contribution in [0.3, 0.4) is 0 Å². The predicted octanol–water partition coefficient (Wildman–Crippen LogP) is 6.20. The zero-order chi connectivity index (χ0) is 23.0. The van der Waals surface area contributed by atoms with Crippen LogP contribution in [0.4, 0.5) is 5.13 Å². The number of rotatable bonds is 6. The molecule has 0 aliphatic rings. The van der Waals surface area contributed by atoms with Crippen molar-refractivity contribution in [1.82, 2.24) is 14.8 Å². The highest BCUT2D eigenvalue weighted by molar-refractivity contribution is 7.22. The number of hydrogen-bond acceptors (Lipinski definition) is 4. The van der Waals surface area contributed by atoms with Crippen LogP contribution in [0.15, 0.2) is 42.5 Å². The van der Waals surface area contributed by atoms with E-state index in [0.29, 0.717) is 24.6 Å². The Bertz CT molecular complexity index is 1280. The van der Waals surface area contributed by atoms with Crippen LogP contribution in [0.1, 0.15) is 58.2 Å². The topological polar surface area (TPSA) is 51.0 Å². The Kier molecular flexibility index (Phi) is 6.15. The van der Waals surface area contributed by atoms with Crippen molar-refractivity contribution in [2.75, 3.05) is 11.4 Å². The molecule has 166 valence electrons. The Morgan fingerprint density at radius 3 is 2.50 bits per heavy atom. The van der Waals surface area contributed by atoms with E-state index in [0.717, 1.165) is 32.3 Å². The molecular weight excluding hydrogens is 416 g/mol. The number of anilines is 1. The standard InChI is InChI=1S/C26H30N4OS/c1-16(2)22-8-7-9-23-24(22)27-26(32-23)29(12-13-30-20(6)15-19(5)28-30)25(31)21-11-10-17(3)18(4)14-21/h7-11,14-16H,12-13H2,1-6H3. The van der Waals surface area contributed by atoms with E-state index in [1.807, 2.05) is 48.6 Å². The number of nitrogens with zero attached hydrogens (tertiary/aromatic N) is 4. The fourth-order valence-corrected chi connectivity index (χ4v) is 4.97. The highest BCUT2D eigenvalue weighted by Crippen LogP contribution is 2.34. The largest absolute Gasteiger partial charge is 0.282 e. The molecule has 4 aromatic rings. The second-order valence-electron chi connectivity index (χ2n) is 8.75. The van der Waals surface area contributed by atoms with Crippen LogP contribution in [0.25, 0.3) is 10.2 Å². The molecule has 2 aromatic carbocycles. The van der Waals surface area contributed by atoms with Gasteiger partial charge in [0.05, 0.1) is 22.5 Å². The van der Waals surface area contributed by atoms with Gasteiger partial charge in [-0.3, -0.25) is 14.4 Å². The van der Waals surface area contributed by atoms with Gasteiger partial charge >= 0.3 is 0 Å². The minimum Gasteiger partial charge on any atom is -0.282 e. The molecule has 2 heterocycles. The molecule has 0 saturated carbocycles. The average molecular weight is 447 g/mol. The summed E-state index contributed by atoms with van der Waals surface area (Å²) >= 11 is 1.58. The molecule has 0 saturated heterocycles. The maximum Gasteiger partial charge on any atom is 0.260 e. The van der Waals surface area contributed by atoms with E-state index in [1.54, 1.807) is 11.3 Å². The lowest BCUT2D eigenvalue weighted by Gasteiger charge is -2.21. The first-order valence-corrected chi connectivity index (χ1v) is 11.9. The van der Waals surface area contributed by atoms with Gasteiger partial charge in [0.2, 0.25) is 0 Å². The minimum absolute atomic E-state index is 0.0280. The fourth-order valence-electron chi connectivity index (χ4n) is 3.95. The first-order chi connectivity index (χ1) is 15.2. The normalized spacial score (nSPS) is 11.5. The molecule has 4 rings (SSSR count). The summed E-state index contributed by atoms with van der Waals surface area (Å²) in [5.74, 6) is 0.340. The van der Waals surface area contributed by atoms with E-state index >= 15 is 0 Å². The number of carbonyl (C=O) groups excluding carboxylic acids is 1. The lowest BCUT2D eigenvalue weighted by molar-refractivity contribution is 0.0985. The van der Waals surface area contributed by atoms with Crippen molar-refractivity contribution in [1.29, 1.82) is 0 Å². The molecule has 6 heteroatoms. The molecule has 0 atom stereocenters. The first-order valence-electron chi connectivity index (χ1n) is 11.0. The number of thiazole rings is 1. The van der Waals surface area contributed by atoms with Crippen LogP contribution in [-0.2, 0) is 6.54 Å². The molecular formula is C26H30N4OS. The third-order valence-electron chi connectivity index (χ3n) is 5.93. The van der Waals surface area contributed by atoms with Crippen LogP contribution >= 0.6 is 11.3 Å². The second-order valence-corrected chi connectivity index (χ2v) is 9.76. The smallest absolute Gasteiger partial charge is 0.260 e. The van der Waals surface area contributed by atoms with Crippen LogP contribution in [0, 0.1) is 27.7 Å². The number of aromatic nitrogens is 3. The van der Waals surface area contributed by atoms with Gasteiger partial charge in [-0.05, 0) is 74.6 Å². The summed E-state index contributed by atoms with van der Waals surface area (Å²) in [7, 11) is 0. The highest BCUT2D eigenvalue weighted by Gasteiger charge is 2.23. The predicted molar refractivity (Wildman–Crippen MR) is 133 cm³/mol. The number of fused-ring (bicyclic) bond motifs is 1. The van der Waals surface area contributed by atoms with Gasteiger partial charge in [0, 0.05) is 17.8 Å². The van der Waals surface area contributed by atoms with E-state index in [-0.39, 0.29) is 5.91 Å². The van der Waals surface area contributed by atoms with Gasteiger partial charge in [-0.1, -0.05) is 43.4 Å². The third-order valence-corrected chi connectivity index (χ3v) is 6.97. The van der Waals surface area contributed by atoms with Gasteiger partial charge < -0.3 is 0 Å². The van der Waals surface area contributed by atoms with Gasteiger partial charge in [0.25, 0.3) is 5.91 Å². The van der Waals surface area contributed by atoms with Crippen molar-refractivity contribution >= 4 is 32.6 Å². The molecule has 0 radical (unpaired) electrons. The average Bonchev–Trinajstić information content (AvgIpc) is 3.32. The number of benzene rings is 2. The van der Waals surface area contributed by atoms with E-state index in [9.17, 15) is 4.79 Å². The highest BCUT2D eigenvalue weighted by atomic mass is 32.1. The summed E-state index contributed by atoms with van der Waals surface area (Å²) in [6, 6.07) is 14.2. The number of hydrogen-bond donors (Lipinski definition) is 0. The van der Waals surface area contributed by atoms with Crippen LogP contribution < -0.4 is 4.90 Å². The number of carbonyl (C=O) groups is 1. The minimum atomic E-state index is -0.0280. The van der Waals surface area contributed by atoms with Gasteiger partial charge in [0.1, 0.15) is 0 Å². The Hall–Kier alpha value is -2.99. The van der Waals surface area contributed by atoms with E-state index < -0.39 is 0 Å². The lowest BCUT2D eigenvalue weighted by atomic mass is 10.0. The van der Waals surface area contributed by atoms with Crippen molar-refractivity contribution in [2.45, 2.75) is 54.0 Å². The molecule has 0 bridgehead atoms. The molecule has 0 unspecified atom stereocenters. The summed E-state index contributed by atoms with van der Waals surface area (Å²) < 4.78 is 3.07. The maximum absolute atomic E-state index is 13.7. The molecule has 0 aliphatic carbocycles. The Morgan fingerprint density at radius 2 is 1.84 bits per heavy atom. The van der Waals surface area contributed by atoms with Gasteiger partial charge in [-0.25, -0.2) is 4.98 Å². The molecule has 0 spiro atoms. The van der Waals surface area contributed by atoms with E-state index in [1.165, 1.54) is 11.1 Å². The fraction of sp³-hybridized carbons (Fsp3) is 0.346. The summed E-state index contributed by atoms with van der Waals surface area (Å²) in [4.78, 5) is 20.4. The van der Waals surface area contributed by atoms with E-state index in [2.05, 4.69) is 50.1 Å². The number of aryl methyl sites for hydroxylation is 4. The van der Waals surface area contributed by atoms with Gasteiger partial charge in [-0.15, -0.1) is 0 Å². The summed E-state index contributed by atoms with van der Waals surface area (Å²) in [5, 5.41) is 5.31. The van der Waals surface area contributed by atoms with Crippen molar-refractivity contribution in [3.8, 4) is 0 Å². The van der Waals surface area contributed by atoms with Crippen LogP contribution in [-0.4, -0.2) is 27.2 Å². The van der Waals surface area contributed by atoms with Crippen molar-refractivity contribution in [3.63, 3.8) is 0 Å². The molecule has 2 aromatic heterocycles. The Balaban J connectivity index is 1.75. The Labute approximate surface area is 193 Å². The number of amides is 1. The molecule has 5 nitrogen and oxygen atoms in total. The zero-order valence-corrected chi connectivity index (χ0v) is 20.5. The van der Waals surface area contributed by atoms with Crippen molar-refractivity contribution in [2.24, 2.45) is 0 Å². The first kappa shape index (κ1) is 22.2. The molecule has 32 heavy (non-hydrogen) atoms. The van der Waals surface area contributed by atoms with E-state index in [4.69, 9.17) is 4.98 Å². The molecule has 1 amide bonds. The Morgan fingerprint density at radius 1 is 1.06 bits per heavy atom. The van der Waals surface area contributed by atoms with Crippen LogP contribution in [0.2, 0.25) is 0 Å². The molecule has 0 N–H and O–H groups in total. The summed E-state index contributed by atoms with van der Waals surface area (Å²) in [6.07, 6.45) is 0. The summed E-state index contributed by atoms with van der Waals surface area (Å²) in [6.45, 7) is 13.6. The van der Waals surface area contributed by atoms with Crippen LogP contribution in [0.5, 0.6) is 0 Å². The molecule has 0 fully saturated rings. The second kappa shape index (κ2) is 8.87. The third kappa shape index (κ3) is 4.32. The van der Waals surface area contributed by atoms with Crippen molar-refractivity contribution < 1.29 is 4.79 Å². The SMILES string of the molecule is Cc1cc(C)n(CCN(C(=O)c2ccc(C)c(C)c2)c2nc3c(C(C)C)cccc3s2)n1. The van der Waals surface area contributed by atoms with Gasteiger partial charge in [-0.2, -0.15) is 5.10 Å². The zero-order valence-electron chi connectivity index (χ0n) is 19.6. The lowest BCUT2D eigenvalue weighted by Crippen LogP contribution is -2.34. The van der Waals surface area contributed by atoms with Gasteiger partial charge in [0.15, 0.2) is 5.13 Å².